The van der Waals surface area contributed by atoms with Crippen molar-refractivity contribution in [2.75, 3.05) is 0 Å². The largest absolute Gasteiger partial charge is 0.309 e. The van der Waals surface area contributed by atoms with Gasteiger partial charge in [-0.25, -0.2) is 0 Å². The zero-order valence-corrected chi connectivity index (χ0v) is 38.2. The zero-order valence-electron chi connectivity index (χ0n) is 38.2. The van der Waals surface area contributed by atoms with Crippen molar-refractivity contribution >= 4 is 43.4 Å². The first kappa shape index (κ1) is 40.3. The normalized spacial score (nSPS) is 12.2. The first-order chi connectivity index (χ1) is 31.5. The Bertz CT molecular complexity index is 3540. The van der Waals surface area contributed by atoms with Crippen LogP contribution in [0.5, 0.6) is 0 Å². The molecule has 11 aromatic rings. The molecule has 0 saturated heterocycles. The van der Waals surface area contributed by atoms with E-state index in [1.165, 1.54) is 110 Å². The molecule has 1 heteroatoms. The lowest BCUT2D eigenvalue weighted by Gasteiger charge is -2.25. The third-order valence-electron chi connectivity index (χ3n) is 13.5. The fraction of sp³-hybridized carbons (Fsp3) is 0.125. The number of nitrogens with zero attached hydrogens (tertiary/aromatic N) is 1. The number of para-hydroxylation sites is 1. The summed E-state index contributed by atoms with van der Waals surface area (Å²) in [7, 11) is 0. The second-order valence-electron chi connectivity index (χ2n) is 19.8. The molecule has 65 heavy (non-hydrogen) atoms. The lowest BCUT2D eigenvalue weighted by molar-refractivity contribution is 0.590. The van der Waals surface area contributed by atoms with Crippen LogP contribution in [0.3, 0.4) is 0 Å². The monoisotopic (exact) mass is 835 g/mol. The van der Waals surface area contributed by atoms with E-state index in [1.54, 1.807) is 0 Å². The van der Waals surface area contributed by atoms with Gasteiger partial charge < -0.3 is 4.57 Å². The maximum Gasteiger partial charge on any atom is 0.0541 e. The van der Waals surface area contributed by atoms with Gasteiger partial charge in [0.25, 0.3) is 0 Å². The van der Waals surface area contributed by atoms with Crippen LogP contribution in [0.1, 0.15) is 52.7 Å². The third kappa shape index (κ3) is 7.22. The highest BCUT2D eigenvalue weighted by Crippen LogP contribution is 2.47. The van der Waals surface area contributed by atoms with Crippen LogP contribution < -0.4 is 0 Å². The molecule has 0 unspecified atom stereocenters. The SMILES string of the molecule is CC(C)(C)c1ccc2c(-c3ccc(-c4ccc5c(c4)c4cc(-c6ccccc6)ccc4n5-c4ccccc4)cc3)c3cc(C(C)(C)C)ccc3c(-c3ccc(-c4ccccc4)cc3)c2c1. The van der Waals surface area contributed by atoms with Crippen LogP contribution in [0.4, 0.5) is 0 Å². The van der Waals surface area contributed by atoms with E-state index in [4.69, 9.17) is 0 Å². The smallest absolute Gasteiger partial charge is 0.0541 e. The molecule has 1 aromatic heterocycles. The van der Waals surface area contributed by atoms with Crippen LogP contribution in [0.15, 0.2) is 212 Å². The van der Waals surface area contributed by atoms with Crippen LogP contribution >= 0.6 is 0 Å². The van der Waals surface area contributed by atoms with Crippen molar-refractivity contribution in [3.05, 3.63) is 223 Å². The topological polar surface area (TPSA) is 4.93 Å². The molecule has 0 radical (unpaired) electrons. The molecule has 1 heterocycles. The van der Waals surface area contributed by atoms with E-state index in [0.717, 1.165) is 5.69 Å². The molecular weight excluding hydrogens is 783 g/mol. The van der Waals surface area contributed by atoms with E-state index in [1.807, 2.05) is 0 Å². The van der Waals surface area contributed by atoms with E-state index in [-0.39, 0.29) is 10.8 Å². The van der Waals surface area contributed by atoms with Gasteiger partial charge >= 0.3 is 0 Å². The molecule has 11 rings (SSSR count). The van der Waals surface area contributed by atoms with Crippen LogP contribution in [-0.4, -0.2) is 4.57 Å². The summed E-state index contributed by atoms with van der Waals surface area (Å²) >= 11 is 0. The average Bonchev–Trinajstić information content (AvgIpc) is 3.66. The lowest BCUT2D eigenvalue weighted by atomic mass is 9.79. The molecule has 314 valence electrons. The lowest BCUT2D eigenvalue weighted by Crippen LogP contribution is -2.11. The molecule has 0 spiro atoms. The molecule has 0 N–H and O–H groups in total. The summed E-state index contributed by atoms with van der Waals surface area (Å²) in [6, 6.07) is 79.0. The highest BCUT2D eigenvalue weighted by molar-refractivity contribution is 6.22. The Balaban J connectivity index is 1.09. The Kier molecular flexibility index (Phi) is 9.70. The quantitative estimate of drug-likeness (QED) is 0.147. The first-order valence-corrected chi connectivity index (χ1v) is 23.0. The van der Waals surface area contributed by atoms with E-state index in [0.29, 0.717) is 0 Å². The number of aromatic nitrogens is 1. The van der Waals surface area contributed by atoms with Crippen molar-refractivity contribution in [3.8, 4) is 61.3 Å². The van der Waals surface area contributed by atoms with Crippen molar-refractivity contribution in [3.63, 3.8) is 0 Å². The number of rotatable bonds is 6. The summed E-state index contributed by atoms with van der Waals surface area (Å²) in [6.45, 7) is 13.9. The van der Waals surface area contributed by atoms with E-state index in [2.05, 4.69) is 258 Å². The van der Waals surface area contributed by atoms with Gasteiger partial charge in [-0.1, -0.05) is 205 Å². The Morgan fingerprint density at radius 1 is 0.262 bits per heavy atom. The molecule has 0 bridgehead atoms. The van der Waals surface area contributed by atoms with Gasteiger partial charge in [0.1, 0.15) is 0 Å². The minimum atomic E-state index is -0.0119. The maximum absolute atomic E-state index is 2.47. The Labute approximate surface area is 383 Å². The van der Waals surface area contributed by atoms with Crippen LogP contribution in [-0.2, 0) is 10.8 Å². The second-order valence-corrected chi connectivity index (χ2v) is 19.8. The summed E-state index contributed by atoms with van der Waals surface area (Å²) in [4.78, 5) is 0. The fourth-order valence-corrected chi connectivity index (χ4v) is 9.94. The Morgan fingerprint density at radius 3 is 1.02 bits per heavy atom. The van der Waals surface area contributed by atoms with Gasteiger partial charge in [0.2, 0.25) is 0 Å². The summed E-state index contributed by atoms with van der Waals surface area (Å²) < 4.78 is 2.40. The summed E-state index contributed by atoms with van der Waals surface area (Å²) in [5.41, 5.74) is 18.5. The summed E-state index contributed by atoms with van der Waals surface area (Å²) in [5, 5.41) is 7.62. The standard InChI is InChI=1S/C64H53N/c1-63(2,3)50-33-35-54-57(40-50)61(46-26-22-44(23-27-46)42-16-10-7-11-17-42)53-34-32-51(64(4,5)6)41-58(53)62(54)47-28-24-45(25-29-47)49-31-37-60-56(39-49)55-38-48(43-18-12-8-13-19-43)30-36-59(55)65(60)52-20-14-9-15-21-52/h7-41H,1-6H3. The van der Waals surface area contributed by atoms with Crippen molar-refractivity contribution < 1.29 is 0 Å². The maximum atomic E-state index is 2.47. The van der Waals surface area contributed by atoms with Crippen molar-refractivity contribution in [1.82, 2.24) is 4.57 Å². The molecule has 0 saturated carbocycles. The number of hydrogen-bond donors (Lipinski definition) is 0. The highest BCUT2D eigenvalue weighted by Gasteiger charge is 2.23. The van der Waals surface area contributed by atoms with Gasteiger partial charge in [0.15, 0.2) is 0 Å². The zero-order chi connectivity index (χ0) is 44.5. The van der Waals surface area contributed by atoms with Gasteiger partial charge in [0, 0.05) is 16.5 Å². The minimum Gasteiger partial charge on any atom is -0.309 e. The molecule has 0 fully saturated rings. The van der Waals surface area contributed by atoms with Gasteiger partial charge in [0.05, 0.1) is 11.0 Å². The number of benzene rings is 10. The minimum absolute atomic E-state index is 0.00684. The van der Waals surface area contributed by atoms with Crippen molar-refractivity contribution in [1.29, 1.82) is 0 Å². The van der Waals surface area contributed by atoms with Gasteiger partial charge in [-0.05, 0) is 148 Å². The number of fused-ring (bicyclic) bond motifs is 5. The molecule has 10 aromatic carbocycles. The number of hydrogen-bond acceptors (Lipinski definition) is 0. The van der Waals surface area contributed by atoms with Gasteiger partial charge in [-0.2, -0.15) is 0 Å². The van der Waals surface area contributed by atoms with Crippen LogP contribution in [0.25, 0.3) is 105 Å². The van der Waals surface area contributed by atoms with Gasteiger partial charge in [-0.15, -0.1) is 0 Å². The summed E-state index contributed by atoms with van der Waals surface area (Å²) in [5.74, 6) is 0. The Hall–Kier alpha value is -7.48. The molecule has 0 atom stereocenters. The van der Waals surface area contributed by atoms with E-state index >= 15 is 0 Å². The van der Waals surface area contributed by atoms with E-state index in [9.17, 15) is 0 Å². The summed E-state index contributed by atoms with van der Waals surface area (Å²) in [6.07, 6.45) is 0. The van der Waals surface area contributed by atoms with Crippen LogP contribution in [0, 0.1) is 0 Å². The molecule has 1 nitrogen and oxygen atoms in total. The average molecular weight is 836 g/mol. The Morgan fingerprint density at radius 2 is 0.600 bits per heavy atom. The molecule has 0 aliphatic rings. The van der Waals surface area contributed by atoms with Gasteiger partial charge in [-0.3, -0.25) is 0 Å². The molecular formula is C64H53N. The second kappa shape index (κ2) is 15.6. The first-order valence-electron chi connectivity index (χ1n) is 23.0. The molecule has 0 aliphatic carbocycles. The van der Waals surface area contributed by atoms with Crippen molar-refractivity contribution in [2.24, 2.45) is 0 Å². The predicted molar refractivity (Wildman–Crippen MR) is 280 cm³/mol. The third-order valence-corrected chi connectivity index (χ3v) is 13.5. The molecule has 0 aliphatic heterocycles. The van der Waals surface area contributed by atoms with Crippen LogP contribution in [0.2, 0.25) is 0 Å². The fourth-order valence-electron chi connectivity index (χ4n) is 9.94. The van der Waals surface area contributed by atoms with Crippen molar-refractivity contribution in [2.45, 2.75) is 52.4 Å². The van der Waals surface area contributed by atoms with E-state index < -0.39 is 0 Å². The molecule has 0 amide bonds. The highest BCUT2D eigenvalue weighted by atomic mass is 15.0. The predicted octanol–water partition coefficient (Wildman–Crippen LogP) is 18.0.